The highest BCUT2D eigenvalue weighted by Crippen LogP contribution is 2.21. The van der Waals surface area contributed by atoms with Crippen LogP contribution in [-0.4, -0.2) is 0 Å². The largest absolute Gasteiger partial charge is 0.398 e. The first-order valence-electron chi connectivity index (χ1n) is 5.40. The van der Waals surface area contributed by atoms with E-state index < -0.39 is 0 Å². The fraction of sp³-hybridized carbons (Fsp3) is 0.0769. The van der Waals surface area contributed by atoms with Gasteiger partial charge in [0.2, 0.25) is 0 Å². The molecule has 0 spiro atoms. The Morgan fingerprint density at radius 3 is 2.50 bits per heavy atom. The minimum absolute atomic E-state index is 0.264. The molecule has 2 aromatic carbocycles. The lowest BCUT2D eigenvalue weighted by molar-refractivity contribution is 0.625. The van der Waals surface area contributed by atoms with Gasteiger partial charge in [0.05, 0.1) is 9.83 Å². The summed E-state index contributed by atoms with van der Waals surface area (Å²) in [5, 5.41) is 1.55. The van der Waals surface area contributed by atoms with Crippen molar-refractivity contribution in [2.24, 2.45) is 9.98 Å². The molecule has 1 aliphatic rings. The van der Waals surface area contributed by atoms with Crippen LogP contribution in [0.5, 0.6) is 0 Å². The monoisotopic (exact) mass is 305 g/mol. The molecule has 2 N–H and O–H groups in total. The van der Waals surface area contributed by atoms with E-state index in [9.17, 15) is 4.39 Å². The first-order chi connectivity index (χ1) is 8.65. The van der Waals surface area contributed by atoms with Crippen molar-refractivity contribution >= 4 is 21.6 Å². The quantitative estimate of drug-likeness (QED) is 0.806. The van der Waals surface area contributed by atoms with Crippen LogP contribution in [0.3, 0.4) is 0 Å². The molecule has 1 aliphatic heterocycles. The molecule has 1 heterocycles. The molecule has 0 aromatic heterocycles. The second-order valence-electron chi connectivity index (χ2n) is 4.02. The molecule has 0 saturated heterocycles. The van der Waals surface area contributed by atoms with Gasteiger partial charge in [0.1, 0.15) is 11.2 Å². The second-order valence-corrected chi connectivity index (χ2v) is 4.81. The van der Waals surface area contributed by atoms with Crippen LogP contribution in [0.1, 0.15) is 11.7 Å². The van der Waals surface area contributed by atoms with Gasteiger partial charge in [0.25, 0.3) is 0 Å². The lowest BCUT2D eigenvalue weighted by Gasteiger charge is -2.03. The highest BCUT2D eigenvalue weighted by Gasteiger charge is 2.14. The molecule has 18 heavy (non-hydrogen) atoms. The molecular formula is C13H9BrFN3. The molecule has 0 amide bonds. The maximum Gasteiger partial charge on any atom is 0.166 e. The maximum atomic E-state index is 12.9. The third-order valence-corrected chi connectivity index (χ3v) is 3.64. The predicted molar refractivity (Wildman–Crippen MR) is 70.0 cm³/mol. The number of hydrogen-bond donors (Lipinski definition) is 1. The average molecular weight is 306 g/mol. The normalized spacial score (nSPS) is 16.9. The maximum absolute atomic E-state index is 12.9. The van der Waals surface area contributed by atoms with Gasteiger partial charge in [-0.15, -0.1) is 0 Å². The molecular weight excluding hydrogens is 297 g/mol. The van der Waals surface area contributed by atoms with Gasteiger partial charge in [0.15, 0.2) is 6.17 Å². The molecule has 3 nitrogen and oxygen atoms in total. The van der Waals surface area contributed by atoms with Gasteiger partial charge < -0.3 is 5.73 Å². The van der Waals surface area contributed by atoms with Crippen molar-refractivity contribution in [2.45, 2.75) is 6.17 Å². The molecule has 0 unspecified atom stereocenters. The minimum Gasteiger partial charge on any atom is -0.398 e. The standard InChI is InChI=1S/C13H9BrFN3/c14-11-9(16)5-6-10-12(11)18-13(17-10)7-1-3-8(15)4-2-7/h1-6,13H,16H2/t13-/m1/s1. The average Bonchev–Trinajstić information content (AvgIpc) is 2.80. The van der Waals surface area contributed by atoms with Crippen molar-refractivity contribution in [3.63, 3.8) is 0 Å². The summed E-state index contributed by atoms with van der Waals surface area (Å²) < 4.78 is 13.6. The Labute approximate surface area is 111 Å². The van der Waals surface area contributed by atoms with Gasteiger partial charge in [-0.3, -0.25) is 9.98 Å². The van der Waals surface area contributed by atoms with E-state index in [0.29, 0.717) is 5.69 Å². The van der Waals surface area contributed by atoms with E-state index >= 15 is 0 Å². The van der Waals surface area contributed by atoms with Gasteiger partial charge in [-0.05, 0) is 45.8 Å². The zero-order valence-corrected chi connectivity index (χ0v) is 10.9. The van der Waals surface area contributed by atoms with Crippen LogP contribution in [0.2, 0.25) is 0 Å². The Bertz CT molecular complexity index is 725. The van der Waals surface area contributed by atoms with Crippen molar-refractivity contribution in [3.05, 3.63) is 63.0 Å². The van der Waals surface area contributed by atoms with Crippen LogP contribution in [0.4, 0.5) is 10.1 Å². The van der Waals surface area contributed by atoms with Gasteiger partial charge in [-0.1, -0.05) is 12.1 Å². The third-order valence-electron chi connectivity index (χ3n) is 2.81. The molecule has 0 saturated carbocycles. The van der Waals surface area contributed by atoms with Crippen LogP contribution in [-0.2, 0) is 0 Å². The number of nitrogens with two attached hydrogens (primary N) is 1. The second kappa shape index (κ2) is 4.17. The molecule has 3 rings (SSSR count). The predicted octanol–water partition coefficient (Wildman–Crippen LogP) is 2.12. The van der Waals surface area contributed by atoms with E-state index in [4.69, 9.17) is 5.73 Å². The Balaban J connectivity index is 2.12. The van der Waals surface area contributed by atoms with E-state index in [2.05, 4.69) is 25.9 Å². The van der Waals surface area contributed by atoms with Gasteiger partial charge in [-0.2, -0.15) is 0 Å². The van der Waals surface area contributed by atoms with Crippen LogP contribution in [0, 0.1) is 5.82 Å². The summed E-state index contributed by atoms with van der Waals surface area (Å²) in [5.74, 6) is -0.264. The van der Waals surface area contributed by atoms with Crippen LogP contribution in [0.25, 0.3) is 0 Å². The number of rotatable bonds is 1. The fourth-order valence-electron chi connectivity index (χ4n) is 1.86. The highest BCUT2D eigenvalue weighted by molar-refractivity contribution is 9.10. The molecule has 0 fully saturated rings. The Hall–Kier alpha value is -1.75. The molecule has 0 bridgehead atoms. The van der Waals surface area contributed by atoms with E-state index in [-0.39, 0.29) is 12.0 Å². The van der Waals surface area contributed by atoms with Gasteiger partial charge in [-0.25, -0.2) is 4.39 Å². The summed E-state index contributed by atoms with van der Waals surface area (Å²) in [7, 11) is 0. The summed E-state index contributed by atoms with van der Waals surface area (Å²) in [4.78, 5) is 8.97. The lowest BCUT2D eigenvalue weighted by Crippen LogP contribution is -2.23. The molecule has 1 atom stereocenters. The number of benzene rings is 2. The minimum atomic E-state index is -0.321. The zero-order chi connectivity index (χ0) is 12.7. The summed E-state index contributed by atoms with van der Waals surface area (Å²) in [6.45, 7) is 0. The van der Waals surface area contributed by atoms with E-state index in [1.54, 1.807) is 18.2 Å². The van der Waals surface area contributed by atoms with Gasteiger partial charge in [0, 0.05) is 5.69 Å². The first-order valence-corrected chi connectivity index (χ1v) is 6.19. The number of nitrogen functional groups attached to an aromatic ring is 1. The number of fused-ring (bicyclic) bond motifs is 1. The van der Waals surface area contributed by atoms with Crippen LogP contribution < -0.4 is 16.4 Å². The van der Waals surface area contributed by atoms with Crippen molar-refractivity contribution in [3.8, 4) is 0 Å². The molecule has 90 valence electrons. The number of halogens is 2. The first kappa shape index (κ1) is 11.3. The van der Waals surface area contributed by atoms with Crippen molar-refractivity contribution in [2.75, 3.05) is 5.73 Å². The Kier molecular flexibility index (Phi) is 2.63. The Morgan fingerprint density at radius 1 is 1.06 bits per heavy atom. The number of nitrogens with zero attached hydrogens (tertiary/aromatic N) is 2. The molecule has 0 aliphatic carbocycles. The van der Waals surface area contributed by atoms with E-state index in [1.165, 1.54) is 12.1 Å². The highest BCUT2D eigenvalue weighted by atomic mass is 79.9. The topological polar surface area (TPSA) is 50.7 Å². The SMILES string of the molecule is Nc1ccc2c(c1Br)=N[C@H](c1ccc(F)cc1)N=2. The number of anilines is 1. The van der Waals surface area contributed by atoms with Crippen molar-refractivity contribution in [1.29, 1.82) is 0 Å². The Morgan fingerprint density at radius 2 is 1.78 bits per heavy atom. The summed E-state index contributed by atoms with van der Waals surface area (Å²) in [6.07, 6.45) is -0.321. The summed E-state index contributed by atoms with van der Waals surface area (Å²) in [6, 6.07) is 9.82. The van der Waals surface area contributed by atoms with Crippen LogP contribution >= 0.6 is 15.9 Å². The van der Waals surface area contributed by atoms with Gasteiger partial charge >= 0.3 is 0 Å². The molecule has 0 radical (unpaired) electrons. The van der Waals surface area contributed by atoms with Crippen molar-refractivity contribution in [1.82, 2.24) is 0 Å². The summed E-state index contributed by atoms with van der Waals surface area (Å²) in [5.41, 5.74) is 7.29. The smallest absolute Gasteiger partial charge is 0.166 e. The fourth-order valence-corrected chi connectivity index (χ4v) is 2.30. The molecule has 5 heteroatoms. The van der Waals surface area contributed by atoms with E-state index in [0.717, 1.165) is 20.8 Å². The van der Waals surface area contributed by atoms with Crippen LogP contribution in [0.15, 0.2) is 50.9 Å². The molecule has 2 aromatic rings. The van der Waals surface area contributed by atoms with Crippen molar-refractivity contribution < 1.29 is 4.39 Å². The zero-order valence-electron chi connectivity index (χ0n) is 9.27. The summed E-state index contributed by atoms with van der Waals surface area (Å²) >= 11 is 3.40. The van der Waals surface area contributed by atoms with E-state index in [1.807, 2.05) is 6.07 Å². The lowest BCUT2D eigenvalue weighted by atomic mass is 10.2. The third kappa shape index (κ3) is 1.80. The number of hydrogen-bond acceptors (Lipinski definition) is 3.